The second kappa shape index (κ2) is 56.4. The zero-order chi connectivity index (χ0) is 47.7. The number of rotatable bonds is 51. The topological polar surface area (TPSA) is 61.8 Å². The minimum absolute atomic E-state index is 0.0671. The van der Waals surface area contributed by atoms with E-state index in [4.69, 9.17) is 14.2 Å². The van der Waals surface area contributed by atoms with Crippen LogP contribution in [0.5, 0.6) is 0 Å². The van der Waals surface area contributed by atoms with E-state index in [1.807, 2.05) is 0 Å². The summed E-state index contributed by atoms with van der Waals surface area (Å²) in [6.07, 6.45) is 74.5. The molecule has 66 heavy (non-hydrogen) atoms. The molecule has 1 unspecified atom stereocenters. The first-order chi connectivity index (χ1) is 32.6. The van der Waals surface area contributed by atoms with Crippen LogP contribution in [-0.2, 0) is 23.8 Å². The van der Waals surface area contributed by atoms with E-state index in [0.29, 0.717) is 19.4 Å². The Morgan fingerprint density at radius 3 is 1.12 bits per heavy atom. The zero-order valence-electron chi connectivity index (χ0n) is 43.7. The molecule has 0 saturated carbocycles. The number of allylic oxidation sites excluding steroid dienone is 14. The fourth-order valence-corrected chi connectivity index (χ4v) is 7.74. The lowest BCUT2D eigenvalue weighted by Gasteiger charge is -2.18. The Bertz CT molecular complexity index is 1220. The molecule has 0 radical (unpaired) electrons. The highest BCUT2D eigenvalue weighted by molar-refractivity contribution is 5.70. The Labute approximate surface area is 409 Å². The van der Waals surface area contributed by atoms with Gasteiger partial charge in [0.25, 0.3) is 0 Å². The summed E-state index contributed by atoms with van der Waals surface area (Å²) >= 11 is 0. The fraction of sp³-hybridized carbons (Fsp3) is 0.738. The van der Waals surface area contributed by atoms with E-state index in [-0.39, 0.29) is 25.2 Å². The predicted octanol–water partition coefficient (Wildman–Crippen LogP) is 19.2. The van der Waals surface area contributed by atoms with Gasteiger partial charge in [-0.2, -0.15) is 0 Å². The molecule has 0 fully saturated rings. The van der Waals surface area contributed by atoms with Crippen LogP contribution in [-0.4, -0.2) is 37.9 Å². The Hall–Kier alpha value is -2.92. The van der Waals surface area contributed by atoms with E-state index in [9.17, 15) is 9.59 Å². The third-order valence-corrected chi connectivity index (χ3v) is 11.9. The van der Waals surface area contributed by atoms with Crippen molar-refractivity contribution in [3.63, 3.8) is 0 Å². The Morgan fingerprint density at radius 1 is 0.348 bits per heavy atom. The summed E-state index contributed by atoms with van der Waals surface area (Å²) in [4.78, 5) is 25.5. The molecule has 0 aromatic rings. The van der Waals surface area contributed by atoms with Gasteiger partial charge < -0.3 is 14.2 Å². The number of carbonyl (C=O) groups excluding carboxylic acids is 2. The first-order valence-electron chi connectivity index (χ1n) is 28.1. The number of hydrogen-bond donors (Lipinski definition) is 0. The monoisotopic (exact) mass is 919 g/mol. The Kier molecular flexibility index (Phi) is 53.9. The predicted molar refractivity (Wildman–Crippen MR) is 288 cm³/mol. The molecule has 0 rings (SSSR count). The van der Waals surface area contributed by atoms with Crippen molar-refractivity contribution in [1.29, 1.82) is 0 Å². The van der Waals surface area contributed by atoms with Crippen LogP contribution in [0.3, 0.4) is 0 Å². The fourth-order valence-electron chi connectivity index (χ4n) is 7.74. The van der Waals surface area contributed by atoms with Gasteiger partial charge in [0, 0.05) is 19.4 Å². The summed E-state index contributed by atoms with van der Waals surface area (Å²) in [6.45, 7) is 7.67. The summed E-state index contributed by atoms with van der Waals surface area (Å²) in [5.74, 6) is -0.433. The van der Waals surface area contributed by atoms with Crippen LogP contribution in [0.4, 0.5) is 0 Å². The van der Waals surface area contributed by atoms with Crippen LogP contribution in [0.25, 0.3) is 0 Å². The van der Waals surface area contributed by atoms with Crippen molar-refractivity contribution < 1.29 is 23.8 Å². The number of esters is 2. The smallest absolute Gasteiger partial charge is 0.306 e. The van der Waals surface area contributed by atoms with Crippen LogP contribution in [0.2, 0.25) is 0 Å². The van der Waals surface area contributed by atoms with E-state index in [2.05, 4.69) is 106 Å². The maximum atomic E-state index is 12.8. The SMILES string of the molecule is CC/C=C\C/C=C\C/C=C\C/C=C\CCCCCCC(=O)OC(COCCCCCCCCCCCCCCCC)COC(=O)CCCCCCCC/C=C\C/C=C\C/C=C\CCCCC. The lowest BCUT2D eigenvalue weighted by molar-refractivity contribution is -0.163. The highest BCUT2D eigenvalue weighted by atomic mass is 16.6. The molecule has 0 bridgehead atoms. The molecule has 0 N–H and O–H groups in total. The van der Waals surface area contributed by atoms with Gasteiger partial charge in [-0.15, -0.1) is 0 Å². The molecule has 0 aromatic heterocycles. The van der Waals surface area contributed by atoms with Gasteiger partial charge in [0.05, 0.1) is 6.61 Å². The molecular weight excluding hydrogens is 813 g/mol. The van der Waals surface area contributed by atoms with Crippen molar-refractivity contribution >= 4 is 11.9 Å². The van der Waals surface area contributed by atoms with E-state index >= 15 is 0 Å². The van der Waals surface area contributed by atoms with Crippen molar-refractivity contribution in [1.82, 2.24) is 0 Å². The second-order valence-corrected chi connectivity index (χ2v) is 18.5. The highest BCUT2D eigenvalue weighted by Crippen LogP contribution is 2.15. The first kappa shape index (κ1) is 63.1. The largest absolute Gasteiger partial charge is 0.462 e. The third kappa shape index (κ3) is 53.7. The molecule has 0 spiro atoms. The molecule has 0 amide bonds. The minimum atomic E-state index is -0.557. The van der Waals surface area contributed by atoms with Crippen LogP contribution in [0, 0.1) is 0 Å². The van der Waals surface area contributed by atoms with Crippen LogP contribution >= 0.6 is 0 Å². The summed E-state index contributed by atoms with van der Waals surface area (Å²) < 4.78 is 17.4. The van der Waals surface area contributed by atoms with Crippen molar-refractivity contribution in [2.45, 2.75) is 271 Å². The molecule has 0 aliphatic heterocycles. The number of carbonyl (C=O) groups is 2. The summed E-state index contributed by atoms with van der Waals surface area (Å²) in [5, 5.41) is 0. The lowest BCUT2D eigenvalue weighted by Crippen LogP contribution is -2.30. The van der Waals surface area contributed by atoms with Crippen molar-refractivity contribution in [3.05, 3.63) is 85.1 Å². The standard InChI is InChI=1S/C61H106O5/c1-4-7-10-13-16-19-22-25-28-30-31-33-34-36-39-42-45-48-51-54-60(62)65-58-59(57-64-56-53-50-47-44-41-38-27-24-21-18-15-12-9-6-3)66-61(63)55-52-49-46-43-40-37-35-32-29-26-23-20-17-14-11-8-5-2/h8,11,16-17,19-20,25-26,28-29,31,33,35,37,59H,4-7,9-10,12-15,18,21-24,27,30,32,34,36,38-58H2,1-3H3/b11-8-,19-16-,20-17-,28-25-,29-26-,33-31-,37-35-. The summed E-state index contributed by atoms with van der Waals surface area (Å²) in [6, 6.07) is 0. The van der Waals surface area contributed by atoms with Gasteiger partial charge in [-0.1, -0.05) is 241 Å². The molecule has 1 atom stereocenters. The normalized spacial score (nSPS) is 12.8. The number of unbranched alkanes of at least 4 members (excludes halogenated alkanes) is 26. The molecule has 0 aliphatic carbocycles. The first-order valence-corrected chi connectivity index (χ1v) is 28.1. The zero-order valence-corrected chi connectivity index (χ0v) is 43.7. The van der Waals surface area contributed by atoms with E-state index in [1.165, 1.54) is 122 Å². The van der Waals surface area contributed by atoms with E-state index < -0.39 is 6.10 Å². The number of hydrogen-bond acceptors (Lipinski definition) is 5. The minimum Gasteiger partial charge on any atom is -0.462 e. The molecule has 5 heteroatoms. The molecule has 0 heterocycles. The summed E-state index contributed by atoms with van der Waals surface area (Å²) in [7, 11) is 0. The van der Waals surface area contributed by atoms with Gasteiger partial charge in [0.15, 0.2) is 6.10 Å². The van der Waals surface area contributed by atoms with Gasteiger partial charge in [-0.3, -0.25) is 9.59 Å². The molecular formula is C61H106O5. The van der Waals surface area contributed by atoms with E-state index in [1.54, 1.807) is 0 Å². The quantitative estimate of drug-likeness (QED) is 0.0346. The molecule has 0 saturated heterocycles. The van der Waals surface area contributed by atoms with Gasteiger partial charge >= 0.3 is 11.9 Å². The van der Waals surface area contributed by atoms with E-state index in [0.717, 1.165) is 109 Å². The van der Waals surface area contributed by atoms with Crippen LogP contribution in [0.15, 0.2) is 85.1 Å². The van der Waals surface area contributed by atoms with Crippen LogP contribution < -0.4 is 0 Å². The average Bonchev–Trinajstić information content (AvgIpc) is 3.32. The van der Waals surface area contributed by atoms with Gasteiger partial charge in [0.2, 0.25) is 0 Å². The molecule has 0 aliphatic rings. The summed E-state index contributed by atoms with van der Waals surface area (Å²) in [5.41, 5.74) is 0. The second-order valence-electron chi connectivity index (χ2n) is 18.5. The molecule has 0 aromatic carbocycles. The van der Waals surface area contributed by atoms with Gasteiger partial charge in [-0.25, -0.2) is 0 Å². The molecule has 380 valence electrons. The maximum Gasteiger partial charge on any atom is 0.306 e. The Balaban J connectivity index is 4.33. The third-order valence-electron chi connectivity index (χ3n) is 11.9. The Morgan fingerprint density at radius 2 is 0.682 bits per heavy atom. The maximum absolute atomic E-state index is 12.8. The van der Waals surface area contributed by atoms with Gasteiger partial charge in [-0.05, 0) is 96.3 Å². The molecule has 5 nitrogen and oxygen atoms in total. The van der Waals surface area contributed by atoms with Gasteiger partial charge in [0.1, 0.15) is 6.61 Å². The van der Waals surface area contributed by atoms with Crippen molar-refractivity contribution in [3.8, 4) is 0 Å². The lowest BCUT2D eigenvalue weighted by atomic mass is 10.0. The highest BCUT2D eigenvalue weighted by Gasteiger charge is 2.17. The number of ether oxygens (including phenoxy) is 3. The average molecular weight is 920 g/mol. The van der Waals surface area contributed by atoms with Crippen LogP contribution in [0.1, 0.15) is 265 Å². The van der Waals surface area contributed by atoms with Crippen molar-refractivity contribution in [2.24, 2.45) is 0 Å². The van der Waals surface area contributed by atoms with Crippen molar-refractivity contribution in [2.75, 3.05) is 19.8 Å².